The second-order valence-corrected chi connectivity index (χ2v) is 6.05. The van der Waals surface area contributed by atoms with Gasteiger partial charge in [0, 0.05) is 19.0 Å². The zero-order chi connectivity index (χ0) is 17.0. The van der Waals surface area contributed by atoms with E-state index >= 15 is 0 Å². The van der Waals surface area contributed by atoms with E-state index in [-0.39, 0.29) is 32.1 Å². The fourth-order valence-electron chi connectivity index (χ4n) is 2.19. The summed E-state index contributed by atoms with van der Waals surface area (Å²) in [5.41, 5.74) is -0.189. The van der Waals surface area contributed by atoms with Gasteiger partial charge in [-0.3, -0.25) is 4.79 Å². The van der Waals surface area contributed by atoms with Crippen LogP contribution < -0.4 is 0 Å². The summed E-state index contributed by atoms with van der Waals surface area (Å²) in [7, 11) is 1.63. The molecule has 0 atom stereocenters. The van der Waals surface area contributed by atoms with Gasteiger partial charge in [-0.2, -0.15) is 0 Å². The van der Waals surface area contributed by atoms with E-state index in [1.54, 1.807) is 33.0 Å². The van der Waals surface area contributed by atoms with Crippen LogP contribution >= 0.6 is 0 Å². The van der Waals surface area contributed by atoms with Crippen LogP contribution in [-0.2, 0) is 11.2 Å². The van der Waals surface area contributed by atoms with Gasteiger partial charge >= 0.3 is 0 Å². The molecular formula is C16H22N2O5. The number of rotatable bonds is 7. The Morgan fingerprint density at radius 1 is 1.39 bits per heavy atom. The number of carbonyl (C=O) groups excluding carboxylic acids is 1. The molecular weight excluding hydrogens is 300 g/mol. The van der Waals surface area contributed by atoms with Crippen LogP contribution in [0.15, 0.2) is 27.2 Å². The molecule has 0 radical (unpaired) electrons. The van der Waals surface area contributed by atoms with E-state index in [9.17, 15) is 15.0 Å². The molecule has 0 saturated heterocycles. The first kappa shape index (κ1) is 17.2. The van der Waals surface area contributed by atoms with Crippen molar-refractivity contribution in [3.8, 4) is 11.7 Å². The largest absolute Gasteiger partial charge is 0.459 e. The smallest absolute Gasteiger partial charge is 0.263 e. The Hall–Kier alpha value is -2.12. The van der Waals surface area contributed by atoms with Crippen LogP contribution in [-0.4, -0.2) is 52.8 Å². The molecule has 0 bridgehead atoms. The number of aryl methyl sites for hydroxylation is 1. The van der Waals surface area contributed by atoms with Crippen molar-refractivity contribution < 1.29 is 23.8 Å². The number of aliphatic hydroxyl groups excluding tert-OH is 2. The second kappa shape index (κ2) is 6.97. The SMILES string of the molecule is Cc1oc(-c2ccco2)nc1CC(=O)N(C)CC(C)(CO)CO. The molecule has 2 N–H and O–H groups in total. The van der Waals surface area contributed by atoms with E-state index in [0.29, 0.717) is 23.1 Å². The number of amides is 1. The van der Waals surface area contributed by atoms with Gasteiger partial charge in [-0.1, -0.05) is 6.92 Å². The monoisotopic (exact) mass is 322 g/mol. The van der Waals surface area contributed by atoms with E-state index in [2.05, 4.69) is 4.98 Å². The highest BCUT2D eigenvalue weighted by atomic mass is 16.4. The van der Waals surface area contributed by atoms with Crippen LogP contribution in [0.1, 0.15) is 18.4 Å². The molecule has 1 amide bonds. The number of likely N-dealkylation sites (N-methyl/N-ethyl adjacent to an activating group) is 1. The molecule has 0 saturated carbocycles. The molecule has 0 aliphatic rings. The molecule has 0 spiro atoms. The number of furan rings is 1. The van der Waals surface area contributed by atoms with Gasteiger partial charge in [0.25, 0.3) is 5.89 Å². The first-order chi connectivity index (χ1) is 10.9. The van der Waals surface area contributed by atoms with Crippen molar-refractivity contribution in [2.24, 2.45) is 5.41 Å². The quantitative estimate of drug-likeness (QED) is 0.795. The van der Waals surface area contributed by atoms with E-state index in [4.69, 9.17) is 8.83 Å². The van der Waals surface area contributed by atoms with Crippen LogP contribution in [0.4, 0.5) is 0 Å². The lowest BCUT2D eigenvalue weighted by Crippen LogP contribution is -2.42. The van der Waals surface area contributed by atoms with Gasteiger partial charge in [0.2, 0.25) is 5.91 Å². The minimum atomic E-state index is -0.734. The van der Waals surface area contributed by atoms with Crippen molar-refractivity contribution in [1.29, 1.82) is 0 Å². The molecule has 2 aromatic heterocycles. The van der Waals surface area contributed by atoms with E-state index in [1.165, 1.54) is 11.2 Å². The third kappa shape index (κ3) is 4.00. The summed E-state index contributed by atoms with van der Waals surface area (Å²) in [5, 5.41) is 18.6. The summed E-state index contributed by atoms with van der Waals surface area (Å²) in [6.45, 7) is 3.31. The molecule has 2 heterocycles. The van der Waals surface area contributed by atoms with Crippen molar-refractivity contribution in [1.82, 2.24) is 9.88 Å². The highest BCUT2D eigenvalue weighted by Crippen LogP contribution is 2.23. The van der Waals surface area contributed by atoms with Crippen molar-refractivity contribution in [3.63, 3.8) is 0 Å². The summed E-state index contributed by atoms with van der Waals surface area (Å²) in [6.07, 6.45) is 1.61. The Morgan fingerprint density at radius 2 is 2.09 bits per heavy atom. The minimum absolute atomic E-state index is 0.0828. The Balaban J connectivity index is 2.05. The van der Waals surface area contributed by atoms with E-state index in [0.717, 1.165) is 0 Å². The van der Waals surface area contributed by atoms with Crippen LogP contribution in [0.3, 0.4) is 0 Å². The summed E-state index contributed by atoms with van der Waals surface area (Å²) >= 11 is 0. The van der Waals surface area contributed by atoms with Gasteiger partial charge < -0.3 is 23.9 Å². The van der Waals surface area contributed by atoms with Gasteiger partial charge in [-0.15, -0.1) is 0 Å². The number of oxazole rings is 1. The lowest BCUT2D eigenvalue weighted by molar-refractivity contribution is -0.131. The van der Waals surface area contributed by atoms with Gasteiger partial charge in [-0.05, 0) is 19.1 Å². The zero-order valence-electron chi connectivity index (χ0n) is 13.6. The standard InChI is InChI=1S/C16H22N2O5/c1-11-12(17-15(23-11)13-5-4-6-22-13)7-14(21)18(3)8-16(2,9-19)10-20/h4-6,19-20H,7-10H2,1-3H3. The van der Waals surface area contributed by atoms with Crippen molar-refractivity contribution >= 4 is 5.91 Å². The number of aliphatic hydroxyl groups is 2. The molecule has 2 rings (SSSR count). The number of aromatic nitrogens is 1. The van der Waals surface area contributed by atoms with Crippen molar-refractivity contribution in [2.45, 2.75) is 20.3 Å². The third-order valence-corrected chi connectivity index (χ3v) is 3.75. The molecule has 0 aliphatic carbocycles. The lowest BCUT2D eigenvalue weighted by Gasteiger charge is -2.30. The van der Waals surface area contributed by atoms with Gasteiger partial charge in [-0.25, -0.2) is 4.98 Å². The van der Waals surface area contributed by atoms with Crippen LogP contribution in [0.2, 0.25) is 0 Å². The van der Waals surface area contributed by atoms with E-state index in [1.807, 2.05) is 0 Å². The van der Waals surface area contributed by atoms with Crippen molar-refractivity contribution in [3.05, 3.63) is 29.9 Å². The van der Waals surface area contributed by atoms with Gasteiger partial charge in [0.1, 0.15) is 5.76 Å². The Morgan fingerprint density at radius 3 is 2.65 bits per heavy atom. The maximum absolute atomic E-state index is 12.3. The van der Waals surface area contributed by atoms with Gasteiger partial charge in [0.15, 0.2) is 5.76 Å². The second-order valence-electron chi connectivity index (χ2n) is 6.05. The first-order valence-corrected chi connectivity index (χ1v) is 7.34. The summed E-state index contributed by atoms with van der Waals surface area (Å²) in [4.78, 5) is 18.1. The van der Waals surface area contributed by atoms with Crippen LogP contribution in [0.25, 0.3) is 11.7 Å². The first-order valence-electron chi connectivity index (χ1n) is 7.34. The Kier molecular flexibility index (Phi) is 5.23. The van der Waals surface area contributed by atoms with Crippen molar-refractivity contribution in [2.75, 3.05) is 26.8 Å². The van der Waals surface area contributed by atoms with Gasteiger partial charge in [0.05, 0.1) is 31.6 Å². The minimum Gasteiger partial charge on any atom is -0.459 e. The van der Waals surface area contributed by atoms with Crippen LogP contribution in [0, 0.1) is 12.3 Å². The highest BCUT2D eigenvalue weighted by Gasteiger charge is 2.27. The third-order valence-electron chi connectivity index (χ3n) is 3.75. The molecule has 0 aliphatic heterocycles. The molecule has 126 valence electrons. The summed E-state index contributed by atoms with van der Waals surface area (Å²) in [5.74, 6) is 1.24. The predicted octanol–water partition coefficient (Wildman–Crippen LogP) is 1.23. The maximum atomic E-state index is 12.3. The van der Waals surface area contributed by atoms with Crippen LogP contribution in [0.5, 0.6) is 0 Å². The topological polar surface area (TPSA) is 99.9 Å². The molecule has 23 heavy (non-hydrogen) atoms. The summed E-state index contributed by atoms with van der Waals surface area (Å²) in [6, 6.07) is 3.47. The van der Waals surface area contributed by atoms with E-state index < -0.39 is 5.41 Å². The maximum Gasteiger partial charge on any atom is 0.263 e. The average molecular weight is 322 g/mol. The zero-order valence-corrected chi connectivity index (χ0v) is 13.6. The number of nitrogens with zero attached hydrogens (tertiary/aromatic N) is 2. The number of hydrogen-bond donors (Lipinski definition) is 2. The Labute approximate surface area is 134 Å². The molecule has 7 nitrogen and oxygen atoms in total. The average Bonchev–Trinajstić information content (AvgIpc) is 3.17. The normalized spacial score (nSPS) is 11.7. The predicted molar refractivity (Wildman–Crippen MR) is 82.6 cm³/mol. The molecule has 0 unspecified atom stereocenters. The lowest BCUT2D eigenvalue weighted by atomic mass is 9.92. The number of carbonyl (C=O) groups is 1. The molecule has 0 aromatic carbocycles. The number of hydrogen-bond acceptors (Lipinski definition) is 6. The molecule has 7 heteroatoms. The molecule has 2 aromatic rings. The fraction of sp³-hybridized carbons (Fsp3) is 0.500. The fourth-order valence-corrected chi connectivity index (χ4v) is 2.19. The summed E-state index contributed by atoms with van der Waals surface area (Å²) < 4.78 is 10.8. The Bertz CT molecular complexity index is 643. The molecule has 0 fully saturated rings. The highest BCUT2D eigenvalue weighted by molar-refractivity contribution is 5.78.